The van der Waals surface area contributed by atoms with Gasteiger partial charge in [0.05, 0.1) is 13.2 Å². The first-order chi connectivity index (χ1) is 4.91. The van der Waals surface area contributed by atoms with Crippen LogP contribution >= 0.6 is 0 Å². The molecular formula is C7H12O3. The number of carbonyl (C=O) groups excluding carboxylic acids is 1. The molecule has 0 amide bonds. The molecule has 0 aliphatic carbocycles. The predicted octanol–water partition coefficient (Wildman–Crippen LogP) is 1.06. The second-order valence-electron chi connectivity index (χ2n) is 2.05. The van der Waals surface area contributed by atoms with Crippen LogP contribution in [0.3, 0.4) is 0 Å². The molecule has 0 aliphatic heterocycles. The monoisotopic (exact) mass is 144 g/mol. The third kappa shape index (κ3) is 7.43. The summed E-state index contributed by atoms with van der Waals surface area (Å²) in [6, 6.07) is 0. The average Bonchev–Trinajstić information content (AvgIpc) is 1.97. The molecule has 0 bridgehead atoms. The van der Waals surface area contributed by atoms with Crippen LogP contribution in [0.25, 0.3) is 0 Å². The van der Waals surface area contributed by atoms with Crippen molar-refractivity contribution in [2.24, 2.45) is 0 Å². The van der Waals surface area contributed by atoms with Crippen molar-refractivity contribution in [3.63, 3.8) is 0 Å². The summed E-state index contributed by atoms with van der Waals surface area (Å²) in [6.07, 6.45) is 3.47. The Morgan fingerprint density at radius 3 is 2.40 bits per heavy atom. The van der Waals surface area contributed by atoms with Crippen molar-refractivity contribution in [2.45, 2.75) is 25.7 Å². The van der Waals surface area contributed by atoms with Crippen molar-refractivity contribution in [3.05, 3.63) is 0 Å². The molecule has 0 heterocycles. The summed E-state index contributed by atoms with van der Waals surface area (Å²) in [5, 5.41) is 9.93. The van der Waals surface area contributed by atoms with Crippen LogP contribution in [0.15, 0.2) is 0 Å². The van der Waals surface area contributed by atoms with Gasteiger partial charge in [0.2, 0.25) is 0 Å². The van der Waals surface area contributed by atoms with Crippen LogP contribution in [0, 0.1) is 0 Å². The van der Waals surface area contributed by atoms with Gasteiger partial charge in [0.1, 0.15) is 0 Å². The molecule has 0 saturated heterocycles. The van der Waals surface area contributed by atoms with E-state index in [1.807, 2.05) is 0 Å². The third-order valence-electron chi connectivity index (χ3n) is 1.20. The van der Waals surface area contributed by atoms with Crippen molar-refractivity contribution in [1.29, 1.82) is 0 Å². The third-order valence-corrected chi connectivity index (χ3v) is 1.20. The van der Waals surface area contributed by atoms with Crippen molar-refractivity contribution < 1.29 is 14.6 Å². The lowest BCUT2D eigenvalue weighted by Gasteiger charge is -1.96. The minimum Gasteiger partial charge on any atom is -0.457 e. The van der Waals surface area contributed by atoms with E-state index in [-0.39, 0.29) is 6.61 Å². The molecule has 10 heavy (non-hydrogen) atoms. The predicted molar refractivity (Wildman–Crippen MR) is 35.7 cm³/mol. The largest absolute Gasteiger partial charge is 0.457 e. The maximum Gasteiger partial charge on any atom is 0.417 e. The lowest BCUT2D eigenvalue weighted by molar-refractivity contribution is 0.184. The number of hydrogen-bond donors (Lipinski definition) is 0. The lowest BCUT2D eigenvalue weighted by atomic mass is 10.2. The van der Waals surface area contributed by atoms with Gasteiger partial charge >= 0.3 is 6.47 Å². The topological polar surface area (TPSA) is 46.2 Å². The van der Waals surface area contributed by atoms with Gasteiger partial charge in [0, 0.05) is 0 Å². The Balaban J connectivity index is 2.70. The number of unbranched alkanes of at least 4 members (excludes halogenated alkanes) is 3. The van der Waals surface area contributed by atoms with Gasteiger partial charge < -0.3 is 4.74 Å². The highest BCUT2D eigenvalue weighted by molar-refractivity contribution is 5.37. The van der Waals surface area contributed by atoms with Crippen LogP contribution < -0.4 is 0 Å². The van der Waals surface area contributed by atoms with Gasteiger partial charge in [0.25, 0.3) is 0 Å². The SMILES string of the molecule is [O]CCCCCCO[C]=O. The summed E-state index contributed by atoms with van der Waals surface area (Å²) in [7, 11) is 0. The molecule has 0 aromatic heterocycles. The Morgan fingerprint density at radius 2 is 1.80 bits per heavy atom. The van der Waals surface area contributed by atoms with Crippen LogP contribution in [0.2, 0.25) is 0 Å². The van der Waals surface area contributed by atoms with Crippen molar-refractivity contribution in [2.75, 3.05) is 13.2 Å². The Labute approximate surface area is 61.0 Å². The van der Waals surface area contributed by atoms with Crippen LogP contribution in [0.1, 0.15) is 25.7 Å². The molecule has 3 nitrogen and oxygen atoms in total. The van der Waals surface area contributed by atoms with Gasteiger partial charge in [-0.25, -0.2) is 9.90 Å². The molecule has 0 saturated carbocycles. The number of rotatable bonds is 7. The summed E-state index contributed by atoms with van der Waals surface area (Å²) in [5.74, 6) is 0. The molecule has 0 aromatic rings. The number of hydrogen-bond acceptors (Lipinski definition) is 2. The second kappa shape index (κ2) is 8.43. The second-order valence-corrected chi connectivity index (χ2v) is 2.05. The van der Waals surface area contributed by atoms with E-state index in [1.54, 1.807) is 0 Å². The Morgan fingerprint density at radius 1 is 1.10 bits per heavy atom. The Bertz CT molecular complexity index is 73.3. The number of ether oxygens (including phenoxy) is 1. The van der Waals surface area contributed by atoms with Crippen molar-refractivity contribution >= 4 is 6.47 Å². The van der Waals surface area contributed by atoms with Crippen molar-refractivity contribution in [3.8, 4) is 0 Å². The molecule has 3 heteroatoms. The Hall–Kier alpha value is -0.570. The quantitative estimate of drug-likeness (QED) is 0.501. The lowest BCUT2D eigenvalue weighted by Crippen LogP contribution is -1.91. The molecule has 0 aliphatic rings. The molecule has 0 unspecified atom stereocenters. The van der Waals surface area contributed by atoms with Gasteiger partial charge in [-0.2, -0.15) is 0 Å². The molecule has 2 radical (unpaired) electrons. The molecule has 0 fully saturated rings. The molecule has 0 spiro atoms. The maximum atomic E-state index is 9.93. The smallest absolute Gasteiger partial charge is 0.417 e. The first kappa shape index (κ1) is 9.43. The zero-order chi connectivity index (χ0) is 7.66. The van der Waals surface area contributed by atoms with E-state index >= 15 is 0 Å². The summed E-state index contributed by atoms with van der Waals surface area (Å²) in [4.78, 5) is 9.50. The Kier molecular flexibility index (Phi) is 7.95. The van der Waals surface area contributed by atoms with E-state index in [1.165, 1.54) is 6.47 Å². The molecular weight excluding hydrogens is 132 g/mol. The van der Waals surface area contributed by atoms with E-state index in [0.29, 0.717) is 6.61 Å². The van der Waals surface area contributed by atoms with Gasteiger partial charge in [-0.15, -0.1) is 0 Å². The summed E-state index contributed by atoms with van der Waals surface area (Å²) < 4.78 is 4.33. The standard InChI is InChI=1S/C7H12O3/c8-5-3-1-2-4-6-10-7-9/h1-6H2. The highest BCUT2D eigenvalue weighted by Crippen LogP contribution is 1.98. The fourth-order valence-corrected chi connectivity index (χ4v) is 0.672. The molecule has 0 N–H and O–H groups in total. The van der Waals surface area contributed by atoms with E-state index in [2.05, 4.69) is 4.74 Å². The zero-order valence-electron chi connectivity index (χ0n) is 5.97. The van der Waals surface area contributed by atoms with Gasteiger partial charge in [-0.1, -0.05) is 6.42 Å². The summed E-state index contributed by atoms with van der Waals surface area (Å²) in [6.45, 7) is 1.78. The fraction of sp³-hybridized carbons (Fsp3) is 0.857. The molecule has 0 rings (SSSR count). The molecule has 0 aromatic carbocycles. The van der Waals surface area contributed by atoms with Crippen LogP contribution in [-0.4, -0.2) is 19.7 Å². The zero-order valence-corrected chi connectivity index (χ0v) is 5.97. The van der Waals surface area contributed by atoms with Crippen molar-refractivity contribution in [1.82, 2.24) is 0 Å². The van der Waals surface area contributed by atoms with E-state index in [0.717, 1.165) is 25.7 Å². The van der Waals surface area contributed by atoms with Gasteiger partial charge in [0.15, 0.2) is 0 Å². The molecule has 0 atom stereocenters. The first-order valence-corrected chi connectivity index (χ1v) is 3.49. The van der Waals surface area contributed by atoms with Crippen LogP contribution in [0.5, 0.6) is 0 Å². The molecule has 58 valence electrons. The van der Waals surface area contributed by atoms with E-state index < -0.39 is 0 Å². The van der Waals surface area contributed by atoms with Gasteiger partial charge in [-0.05, 0) is 19.3 Å². The minimum absolute atomic E-state index is 0.000657. The maximum absolute atomic E-state index is 9.93. The highest BCUT2D eigenvalue weighted by Gasteiger charge is 1.88. The van der Waals surface area contributed by atoms with E-state index in [9.17, 15) is 9.90 Å². The van der Waals surface area contributed by atoms with Crippen LogP contribution in [0.4, 0.5) is 0 Å². The van der Waals surface area contributed by atoms with Crippen LogP contribution in [-0.2, 0) is 14.6 Å². The summed E-state index contributed by atoms with van der Waals surface area (Å²) in [5.41, 5.74) is 0. The van der Waals surface area contributed by atoms with Gasteiger partial charge in [-0.3, -0.25) is 0 Å². The van der Waals surface area contributed by atoms with E-state index in [4.69, 9.17) is 0 Å². The first-order valence-electron chi connectivity index (χ1n) is 3.49. The highest BCUT2D eigenvalue weighted by atomic mass is 16.5. The minimum atomic E-state index is 0.000657. The average molecular weight is 144 g/mol. The normalized spacial score (nSPS) is 9.30. The summed E-state index contributed by atoms with van der Waals surface area (Å²) >= 11 is 0. The fourth-order valence-electron chi connectivity index (χ4n) is 0.672.